The number of carbonyl (C=O) groups is 1. The molecule has 1 heterocycles. The van der Waals surface area contributed by atoms with E-state index in [1.165, 1.54) is 26.8 Å². The first kappa shape index (κ1) is 31.2. The summed E-state index contributed by atoms with van der Waals surface area (Å²) in [7, 11) is -2.37. The van der Waals surface area contributed by atoms with Crippen molar-refractivity contribution >= 4 is 28.1 Å². The van der Waals surface area contributed by atoms with Crippen molar-refractivity contribution in [1.29, 1.82) is 0 Å². The summed E-state index contributed by atoms with van der Waals surface area (Å²) in [4.78, 5) is 13.8. The van der Waals surface area contributed by atoms with Gasteiger partial charge in [0.1, 0.15) is 11.6 Å². The highest BCUT2D eigenvalue weighted by atomic mass is 32.2. The molecule has 0 saturated heterocycles. The first-order valence-corrected chi connectivity index (χ1v) is 13.2. The van der Waals surface area contributed by atoms with Crippen LogP contribution in [0.5, 0.6) is 5.75 Å². The van der Waals surface area contributed by atoms with Crippen molar-refractivity contribution in [2.45, 2.75) is 76.0 Å². The zero-order valence-electron chi connectivity index (χ0n) is 20.6. The topological polar surface area (TPSA) is 55.4 Å². The number of alkyl halides is 6. The summed E-state index contributed by atoms with van der Waals surface area (Å²) in [5.41, 5.74) is -4.35. The smallest absolute Gasteiger partial charge is 0.412 e. The van der Waals surface area contributed by atoms with Crippen LogP contribution in [-0.4, -0.2) is 33.7 Å². The van der Waals surface area contributed by atoms with E-state index in [2.05, 4.69) is 0 Å². The van der Waals surface area contributed by atoms with Crippen molar-refractivity contribution in [3.05, 3.63) is 51.5 Å². The Morgan fingerprint density at radius 3 is 2.19 bits per heavy atom. The minimum Gasteiger partial charge on any atom is -0.493 e. The average Bonchev–Trinajstić information content (AvgIpc) is 3.24. The predicted molar refractivity (Wildman–Crippen MR) is 129 cm³/mol. The van der Waals surface area contributed by atoms with Gasteiger partial charge in [-0.3, -0.25) is 4.79 Å². The molecule has 0 amide bonds. The Balaban J connectivity index is 2.50. The Hall–Kier alpha value is -1.99. The molecule has 0 unspecified atom stereocenters. The van der Waals surface area contributed by atoms with Crippen LogP contribution in [0.1, 0.15) is 67.1 Å². The number of rotatable bonds is 11. The summed E-state index contributed by atoms with van der Waals surface area (Å²) < 4.78 is 115. The van der Waals surface area contributed by atoms with Gasteiger partial charge in [0.2, 0.25) is 0 Å². The van der Waals surface area contributed by atoms with Crippen molar-refractivity contribution in [3.8, 4) is 5.75 Å². The van der Waals surface area contributed by atoms with Gasteiger partial charge in [0.05, 0.1) is 27.2 Å². The van der Waals surface area contributed by atoms with Crippen LogP contribution in [0.2, 0.25) is 0 Å². The number of thiophene rings is 1. The summed E-state index contributed by atoms with van der Waals surface area (Å²) in [5.74, 6) is -2.63. The van der Waals surface area contributed by atoms with Crippen LogP contribution in [0.25, 0.3) is 0 Å². The van der Waals surface area contributed by atoms with Crippen LogP contribution in [0.15, 0.2) is 30.3 Å². The fraction of sp³-hybridized carbons (Fsp3) is 0.542. The molecule has 0 spiro atoms. The van der Waals surface area contributed by atoms with Crippen LogP contribution in [0.3, 0.4) is 0 Å². The molecule has 1 N–H and O–H groups in total. The molecule has 2 aromatic rings. The van der Waals surface area contributed by atoms with Crippen LogP contribution < -0.4 is 9.46 Å². The maximum atomic E-state index is 15.2. The zero-order valence-corrected chi connectivity index (χ0v) is 22.2. The molecule has 2 rings (SSSR count). The van der Waals surface area contributed by atoms with Gasteiger partial charge >= 0.3 is 12.4 Å². The molecule has 2 atom stereocenters. The minimum absolute atomic E-state index is 0.0406. The van der Waals surface area contributed by atoms with E-state index < -0.39 is 76.7 Å². The molecule has 0 aliphatic heterocycles. The normalized spacial score (nSPS) is 15.3. The predicted octanol–water partition coefficient (Wildman–Crippen LogP) is 7.25. The Morgan fingerprint density at radius 2 is 1.70 bits per heavy atom. The quantitative estimate of drug-likeness (QED) is 0.174. The summed E-state index contributed by atoms with van der Waals surface area (Å²) in [6.45, 7) is 5.63. The second-order valence-corrected chi connectivity index (χ2v) is 12.4. The summed E-state index contributed by atoms with van der Waals surface area (Å²) in [5, 5.41) is 0. The molecular formula is C24H28F7NO3S2. The van der Waals surface area contributed by atoms with E-state index in [4.69, 9.17) is 4.74 Å². The van der Waals surface area contributed by atoms with Crippen molar-refractivity contribution in [3.63, 3.8) is 0 Å². The molecule has 1 aromatic carbocycles. The Labute approximate surface area is 217 Å². The fourth-order valence-electron chi connectivity index (χ4n) is 3.25. The van der Waals surface area contributed by atoms with Gasteiger partial charge in [0, 0.05) is 29.3 Å². The van der Waals surface area contributed by atoms with Gasteiger partial charge in [0.15, 0.2) is 11.3 Å². The summed E-state index contributed by atoms with van der Waals surface area (Å²) >= 11 is 1.02. The minimum atomic E-state index is -5.27. The van der Waals surface area contributed by atoms with E-state index in [1.807, 2.05) is 11.6 Å². The van der Waals surface area contributed by atoms with Gasteiger partial charge in [-0.25, -0.2) is 13.3 Å². The third-order valence-electron chi connectivity index (χ3n) is 5.29. The Kier molecular flexibility index (Phi) is 9.97. The van der Waals surface area contributed by atoms with Crippen molar-refractivity contribution < 1.29 is 44.5 Å². The Bertz CT molecular complexity index is 1110. The highest BCUT2D eigenvalue weighted by Gasteiger charge is 2.59. The number of nitrogens with one attached hydrogen (secondary N) is 1. The molecule has 1 aromatic heterocycles. The lowest BCUT2D eigenvalue weighted by Crippen LogP contribution is -2.58. The second-order valence-electron chi connectivity index (χ2n) is 9.31. The van der Waals surface area contributed by atoms with E-state index in [0.717, 1.165) is 28.3 Å². The number of hydrogen-bond acceptors (Lipinski definition) is 4. The number of benzene rings is 1. The average molecular weight is 576 g/mol. The fourth-order valence-corrected chi connectivity index (χ4v) is 5.05. The first-order valence-electron chi connectivity index (χ1n) is 11.3. The lowest BCUT2D eigenvalue weighted by molar-refractivity contribution is -0.194. The van der Waals surface area contributed by atoms with E-state index >= 15 is 4.39 Å². The first-order chi connectivity index (χ1) is 16.9. The molecule has 208 valence electrons. The SMILES string of the molecule is CCc1ccc(C(=O)C[C@](N[S@](=O)C(C)(C)C)(c2ccc(OCCCC(F)(F)F)cc2F)C(F)(F)F)s1. The molecule has 0 radical (unpaired) electrons. The lowest BCUT2D eigenvalue weighted by Gasteiger charge is -2.38. The number of ketones is 1. The monoisotopic (exact) mass is 575 g/mol. The third-order valence-corrected chi connectivity index (χ3v) is 8.21. The number of hydrogen-bond donors (Lipinski definition) is 1. The molecule has 0 bridgehead atoms. The molecule has 4 nitrogen and oxygen atoms in total. The maximum Gasteiger partial charge on any atom is 0.412 e. The molecule has 0 aliphatic carbocycles. The molecule has 37 heavy (non-hydrogen) atoms. The molecule has 0 saturated carbocycles. The van der Waals surface area contributed by atoms with Crippen LogP contribution >= 0.6 is 11.3 Å². The van der Waals surface area contributed by atoms with Gasteiger partial charge in [0.25, 0.3) is 0 Å². The zero-order chi connectivity index (χ0) is 28.2. The molecule has 0 aliphatic rings. The second kappa shape index (κ2) is 11.8. The number of halogens is 7. The number of carbonyl (C=O) groups excluding carboxylic acids is 1. The third kappa shape index (κ3) is 8.25. The highest BCUT2D eigenvalue weighted by Crippen LogP contribution is 2.45. The largest absolute Gasteiger partial charge is 0.493 e. The standard InChI is InChI=1S/C24H28F7NO3S2/c1-5-16-8-10-20(36-16)19(33)14-22(24(29,30)31,32-37(34)21(2,3)4)17-9-7-15(13-18(17)25)35-12-6-11-23(26,27)28/h7-10,13,32H,5-6,11-12,14H2,1-4H3/t22-,37+/m0/s1. The van der Waals surface area contributed by atoms with Crippen molar-refractivity contribution in [2.75, 3.05) is 6.61 Å². The number of ether oxygens (including phenoxy) is 1. The van der Waals surface area contributed by atoms with Crippen LogP contribution in [-0.2, 0) is 22.9 Å². The maximum absolute atomic E-state index is 15.2. The molecule has 0 fully saturated rings. The summed E-state index contributed by atoms with van der Waals surface area (Å²) in [6.07, 6.45) is -12.0. The van der Waals surface area contributed by atoms with Crippen molar-refractivity contribution in [2.24, 2.45) is 0 Å². The Morgan fingerprint density at radius 1 is 1.05 bits per heavy atom. The lowest BCUT2D eigenvalue weighted by atomic mass is 9.84. The van der Waals surface area contributed by atoms with Gasteiger partial charge in [-0.2, -0.15) is 26.3 Å². The van der Waals surface area contributed by atoms with Crippen LogP contribution in [0.4, 0.5) is 30.7 Å². The van der Waals surface area contributed by atoms with Gasteiger partial charge in [-0.15, -0.1) is 11.3 Å². The van der Waals surface area contributed by atoms with E-state index in [-0.39, 0.29) is 10.6 Å². The van der Waals surface area contributed by atoms with Crippen LogP contribution in [0, 0.1) is 5.82 Å². The molecule has 13 heteroatoms. The molecular weight excluding hydrogens is 547 g/mol. The summed E-state index contributed by atoms with van der Waals surface area (Å²) in [6, 6.07) is 5.32. The van der Waals surface area contributed by atoms with Gasteiger partial charge in [-0.1, -0.05) is 13.0 Å². The van der Waals surface area contributed by atoms with Gasteiger partial charge in [-0.05, 0) is 51.8 Å². The number of aryl methyl sites for hydroxylation is 1. The van der Waals surface area contributed by atoms with Crippen molar-refractivity contribution in [1.82, 2.24) is 4.72 Å². The van der Waals surface area contributed by atoms with E-state index in [9.17, 15) is 35.3 Å². The van der Waals surface area contributed by atoms with Gasteiger partial charge < -0.3 is 4.74 Å². The van der Waals surface area contributed by atoms with E-state index in [0.29, 0.717) is 12.5 Å². The highest BCUT2D eigenvalue weighted by molar-refractivity contribution is 7.84. The number of Topliss-reactive ketones (excluding diaryl/α,β-unsaturated/α-hetero) is 1. The van der Waals surface area contributed by atoms with E-state index in [1.54, 1.807) is 6.07 Å².